The van der Waals surface area contributed by atoms with E-state index in [1.54, 1.807) is 18.5 Å². The third-order valence-corrected chi connectivity index (χ3v) is 7.36. The van der Waals surface area contributed by atoms with Gasteiger partial charge in [0.25, 0.3) is 0 Å². The molecule has 8 heteroatoms. The topological polar surface area (TPSA) is 93.1 Å². The molecule has 0 unspecified atom stereocenters. The summed E-state index contributed by atoms with van der Waals surface area (Å²) in [5.41, 5.74) is 1.32. The number of hydrogen-bond acceptors (Lipinski definition) is 6. The summed E-state index contributed by atoms with van der Waals surface area (Å²) in [6, 6.07) is 3.66. The van der Waals surface area contributed by atoms with Gasteiger partial charge in [0.1, 0.15) is 4.90 Å². The lowest BCUT2D eigenvalue weighted by atomic mass is 9.86. The molecule has 30 heavy (non-hydrogen) atoms. The van der Waals surface area contributed by atoms with Crippen LogP contribution in [-0.4, -0.2) is 53.5 Å². The maximum atomic E-state index is 12.9. The first-order valence-corrected chi connectivity index (χ1v) is 12.6. The Morgan fingerprint density at radius 3 is 2.43 bits per heavy atom. The second kappa shape index (κ2) is 8.79. The number of rotatable bonds is 4. The number of pyridine rings is 1. The molecule has 0 spiro atoms. The second-order valence-corrected chi connectivity index (χ2v) is 10.4. The molecule has 0 bridgehead atoms. The summed E-state index contributed by atoms with van der Waals surface area (Å²) in [6.45, 7) is 1.30. The molecule has 0 radical (unpaired) electrons. The van der Waals surface area contributed by atoms with Crippen molar-refractivity contribution in [1.29, 1.82) is 0 Å². The molecule has 1 saturated carbocycles. The van der Waals surface area contributed by atoms with Crippen LogP contribution in [0.5, 0.6) is 0 Å². The molecule has 1 saturated heterocycles. The quantitative estimate of drug-likeness (QED) is 0.742. The minimum Gasteiger partial charge on any atom is -0.342 e. The number of hydrogen-bond donors (Lipinski definition) is 0. The maximum Gasteiger partial charge on any atom is 0.225 e. The van der Waals surface area contributed by atoms with E-state index in [-0.39, 0.29) is 22.6 Å². The van der Waals surface area contributed by atoms with Gasteiger partial charge in [0.2, 0.25) is 5.91 Å². The average Bonchev–Trinajstić information content (AvgIpc) is 2.79. The third kappa shape index (κ3) is 4.53. The fourth-order valence-electron chi connectivity index (χ4n) is 4.58. The predicted octanol–water partition coefficient (Wildman–Crippen LogP) is 3.23. The number of nitrogens with zero attached hydrogens (tertiary/aromatic N) is 4. The monoisotopic (exact) mass is 428 g/mol. The van der Waals surface area contributed by atoms with E-state index in [1.165, 1.54) is 18.9 Å². The Labute approximate surface area is 177 Å². The van der Waals surface area contributed by atoms with E-state index >= 15 is 0 Å². The first-order valence-electron chi connectivity index (χ1n) is 10.7. The number of sulfone groups is 1. The van der Waals surface area contributed by atoms with E-state index in [1.807, 2.05) is 11.0 Å². The predicted molar refractivity (Wildman–Crippen MR) is 114 cm³/mol. The van der Waals surface area contributed by atoms with Gasteiger partial charge in [-0.25, -0.2) is 18.4 Å². The molecule has 2 aromatic rings. The number of piperidine rings is 1. The van der Waals surface area contributed by atoms with Gasteiger partial charge in [0.05, 0.1) is 5.69 Å². The van der Waals surface area contributed by atoms with E-state index in [4.69, 9.17) is 0 Å². The van der Waals surface area contributed by atoms with Gasteiger partial charge in [0, 0.05) is 55.3 Å². The maximum absolute atomic E-state index is 12.9. The largest absolute Gasteiger partial charge is 0.342 e. The number of carbonyl (C=O) groups is 1. The zero-order valence-corrected chi connectivity index (χ0v) is 18.1. The molecule has 3 heterocycles. The molecule has 1 aliphatic carbocycles. The number of carbonyl (C=O) groups excluding carboxylic acids is 1. The van der Waals surface area contributed by atoms with Crippen LogP contribution in [0.25, 0.3) is 11.4 Å². The molecule has 1 aliphatic heterocycles. The van der Waals surface area contributed by atoms with Crippen molar-refractivity contribution in [2.45, 2.75) is 55.8 Å². The molecule has 160 valence electrons. The van der Waals surface area contributed by atoms with Crippen molar-refractivity contribution < 1.29 is 13.2 Å². The third-order valence-electron chi connectivity index (χ3n) is 6.25. The van der Waals surface area contributed by atoms with Crippen LogP contribution in [0.1, 0.15) is 56.6 Å². The summed E-state index contributed by atoms with van der Waals surface area (Å²) >= 11 is 0. The van der Waals surface area contributed by atoms with Gasteiger partial charge < -0.3 is 4.90 Å². The molecule has 1 amide bonds. The van der Waals surface area contributed by atoms with Gasteiger partial charge >= 0.3 is 0 Å². The summed E-state index contributed by atoms with van der Waals surface area (Å²) < 4.78 is 24.7. The van der Waals surface area contributed by atoms with Crippen molar-refractivity contribution in [2.75, 3.05) is 19.3 Å². The van der Waals surface area contributed by atoms with Crippen LogP contribution in [0.15, 0.2) is 35.6 Å². The van der Waals surface area contributed by atoms with Crippen molar-refractivity contribution in [3.8, 4) is 11.4 Å². The van der Waals surface area contributed by atoms with Crippen LogP contribution >= 0.6 is 0 Å². The highest BCUT2D eigenvalue weighted by molar-refractivity contribution is 7.90. The highest BCUT2D eigenvalue weighted by Crippen LogP contribution is 2.34. The Bertz CT molecular complexity index is 996. The summed E-state index contributed by atoms with van der Waals surface area (Å²) in [4.78, 5) is 28.1. The Balaban J connectivity index is 1.55. The number of likely N-dealkylation sites (tertiary alicyclic amines) is 1. The van der Waals surface area contributed by atoms with Gasteiger partial charge in [0.15, 0.2) is 15.7 Å². The molecule has 2 aromatic heterocycles. The summed E-state index contributed by atoms with van der Waals surface area (Å²) in [5.74, 6) is 0.906. The SMILES string of the molecule is CS(=O)(=O)c1cnc(-c2cccnc2)nc1C1CCN(C(=O)C2CCCCC2)CC1. The summed E-state index contributed by atoms with van der Waals surface area (Å²) in [5, 5.41) is 0. The molecule has 4 rings (SSSR count). The minimum absolute atomic E-state index is 0.0106. The lowest BCUT2D eigenvalue weighted by molar-refractivity contribution is -0.137. The first-order chi connectivity index (χ1) is 14.4. The lowest BCUT2D eigenvalue weighted by Gasteiger charge is -2.35. The van der Waals surface area contributed by atoms with E-state index < -0.39 is 9.84 Å². The summed E-state index contributed by atoms with van der Waals surface area (Å²) in [6.07, 6.45) is 12.9. The fraction of sp³-hybridized carbons (Fsp3) is 0.545. The molecule has 7 nitrogen and oxygen atoms in total. The van der Waals surface area contributed by atoms with E-state index in [2.05, 4.69) is 15.0 Å². The zero-order valence-electron chi connectivity index (χ0n) is 17.3. The number of amides is 1. The van der Waals surface area contributed by atoms with Crippen LogP contribution in [0, 0.1) is 5.92 Å². The Morgan fingerprint density at radius 2 is 1.80 bits per heavy atom. The van der Waals surface area contributed by atoms with E-state index in [0.717, 1.165) is 31.2 Å². The van der Waals surface area contributed by atoms with Gasteiger partial charge in [-0.3, -0.25) is 9.78 Å². The molecule has 2 fully saturated rings. The highest BCUT2D eigenvalue weighted by atomic mass is 32.2. The lowest BCUT2D eigenvalue weighted by Crippen LogP contribution is -2.42. The molecule has 2 aliphatic rings. The van der Waals surface area contributed by atoms with Crippen LogP contribution in [0.4, 0.5) is 0 Å². The Morgan fingerprint density at radius 1 is 1.07 bits per heavy atom. The van der Waals surface area contributed by atoms with Crippen LogP contribution in [0.3, 0.4) is 0 Å². The van der Waals surface area contributed by atoms with Gasteiger partial charge in [-0.2, -0.15) is 0 Å². The van der Waals surface area contributed by atoms with Crippen molar-refractivity contribution >= 4 is 15.7 Å². The Hall–Kier alpha value is -2.35. The van der Waals surface area contributed by atoms with Crippen LogP contribution < -0.4 is 0 Å². The molecule has 0 aromatic carbocycles. The van der Waals surface area contributed by atoms with Gasteiger partial charge in [-0.05, 0) is 37.8 Å². The van der Waals surface area contributed by atoms with Crippen molar-refractivity contribution in [3.63, 3.8) is 0 Å². The number of aromatic nitrogens is 3. The molecular weight excluding hydrogens is 400 g/mol. The van der Waals surface area contributed by atoms with Gasteiger partial charge in [-0.15, -0.1) is 0 Å². The second-order valence-electron chi connectivity index (χ2n) is 8.39. The highest BCUT2D eigenvalue weighted by Gasteiger charge is 2.32. The van der Waals surface area contributed by atoms with E-state index in [0.29, 0.717) is 37.4 Å². The molecule has 0 atom stereocenters. The summed E-state index contributed by atoms with van der Waals surface area (Å²) in [7, 11) is -3.45. The van der Waals surface area contributed by atoms with Crippen LogP contribution in [0.2, 0.25) is 0 Å². The zero-order chi connectivity index (χ0) is 21.1. The Kier molecular flexibility index (Phi) is 6.13. The van der Waals surface area contributed by atoms with Gasteiger partial charge in [-0.1, -0.05) is 19.3 Å². The first kappa shape index (κ1) is 20.9. The molecule has 0 N–H and O–H groups in total. The normalized spacial score (nSPS) is 19.0. The fourth-order valence-corrected chi connectivity index (χ4v) is 5.41. The van der Waals surface area contributed by atoms with Crippen molar-refractivity contribution in [1.82, 2.24) is 19.9 Å². The molecular formula is C22H28N4O3S. The average molecular weight is 429 g/mol. The van der Waals surface area contributed by atoms with E-state index in [9.17, 15) is 13.2 Å². The minimum atomic E-state index is -3.45. The smallest absolute Gasteiger partial charge is 0.225 e. The van der Waals surface area contributed by atoms with Crippen molar-refractivity contribution in [2.24, 2.45) is 5.92 Å². The van der Waals surface area contributed by atoms with Crippen molar-refractivity contribution in [3.05, 3.63) is 36.4 Å². The van der Waals surface area contributed by atoms with Crippen LogP contribution in [-0.2, 0) is 14.6 Å². The standard InChI is InChI=1S/C22H28N4O3S/c1-30(28,29)19-15-24-21(18-8-5-11-23-14-18)25-20(19)16-9-12-26(13-10-16)22(27)17-6-3-2-4-7-17/h5,8,11,14-17H,2-4,6-7,9-10,12-13H2,1H3.